The standard InChI is InChI=1S/C15H13Cl2NO/c16-13-7-6-12(8-14(13)17)10-18-15(19)9-11-4-2-1-3-5-11/h1-8H,9-10H2,(H,18,19). The molecular formula is C15H13Cl2NO. The highest BCUT2D eigenvalue weighted by Gasteiger charge is 2.04. The smallest absolute Gasteiger partial charge is 0.224 e. The third-order valence-corrected chi connectivity index (χ3v) is 3.42. The normalized spacial score (nSPS) is 10.2. The maximum Gasteiger partial charge on any atom is 0.224 e. The van der Waals surface area contributed by atoms with Crippen molar-refractivity contribution in [1.82, 2.24) is 5.32 Å². The molecule has 1 amide bonds. The lowest BCUT2D eigenvalue weighted by atomic mass is 10.1. The van der Waals surface area contributed by atoms with E-state index in [2.05, 4.69) is 5.32 Å². The molecule has 19 heavy (non-hydrogen) atoms. The van der Waals surface area contributed by atoms with Crippen LogP contribution in [0, 0.1) is 0 Å². The summed E-state index contributed by atoms with van der Waals surface area (Å²) in [5.74, 6) is -0.0164. The largest absolute Gasteiger partial charge is 0.352 e. The van der Waals surface area contributed by atoms with E-state index in [9.17, 15) is 4.79 Å². The van der Waals surface area contributed by atoms with E-state index in [1.165, 1.54) is 0 Å². The quantitative estimate of drug-likeness (QED) is 0.911. The number of carbonyl (C=O) groups excluding carboxylic acids is 1. The molecule has 2 aromatic rings. The Morgan fingerprint density at radius 3 is 2.37 bits per heavy atom. The Kier molecular flexibility index (Phi) is 4.83. The molecule has 0 aliphatic heterocycles. The molecule has 4 heteroatoms. The molecule has 2 aromatic carbocycles. The van der Waals surface area contributed by atoms with Gasteiger partial charge in [-0.05, 0) is 23.3 Å². The fourth-order valence-corrected chi connectivity index (χ4v) is 2.01. The second-order valence-electron chi connectivity index (χ2n) is 4.19. The fraction of sp³-hybridized carbons (Fsp3) is 0.133. The average Bonchev–Trinajstić information content (AvgIpc) is 2.41. The van der Waals surface area contributed by atoms with Gasteiger partial charge in [0.1, 0.15) is 0 Å². The van der Waals surface area contributed by atoms with E-state index < -0.39 is 0 Å². The first-order valence-electron chi connectivity index (χ1n) is 5.90. The van der Waals surface area contributed by atoms with Gasteiger partial charge in [-0.3, -0.25) is 4.79 Å². The molecule has 0 heterocycles. The summed E-state index contributed by atoms with van der Waals surface area (Å²) >= 11 is 11.7. The Morgan fingerprint density at radius 2 is 1.68 bits per heavy atom. The molecule has 2 rings (SSSR count). The van der Waals surface area contributed by atoms with Crippen molar-refractivity contribution in [3.63, 3.8) is 0 Å². The van der Waals surface area contributed by atoms with E-state index in [4.69, 9.17) is 23.2 Å². The van der Waals surface area contributed by atoms with E-state index in [1.54, 1.807) is 12.1 Å². The van der Waals surface area contributed by atoms with Gasteiger partial charge in [-0.15, -0.1) is 0 Å². The Bertz CT molecular complexity index is 570. The van der Waals surface area contributed by atoms with E-state index in [0.29, 0.717) is 23.0 Å². The molecule has 0 atom stereocenters. The summed E-state index contributed by atoms with van der Waals surface area (Å²) in [6.45, 7) is 0.447. The summed E-state index contributed by atoms with van der Waals surface area (Å²) in [5.41, 5.74) is 1.92. The third-order valence-electron chi connectivity index (χ3n) is 2.68. The molecule has 0 unspecified atom stereocenters. The van der Waals surface area contributed by atoms with Crippen molar-refractivity contribution in [2.45, 2.75) is 13.0 Å². The van der Waals surface area contributed by atoms with Crippen molar-refractivity contribution in [2.24, 2.45) is 0 Å². The molecule has 0 aliphatic rings. The zero-order valence-electron chi connectivity index (χ0n) is 10.2. The first-order chi connectivity index (χ1) is 9.15. The molecule has 0 saturated heterocycles. The molecule has 98 valence electrons. The van der Waals surface area contributed by atoms with Gasteiger partial charge in [0.25, 0.3) is 0 Å². The fourth-order valence-electron chi connectivity index (χ4n) is 1.69. The summed E-state index contributed by atoms with van der Waals surface area (Å²) in [6.07, 6.45) is 0.377. The third kappa shape index (κ3) is 4.27. The van der Waals surface area contributed by atoms with Gasteiger partial charge in [-0.25, -0.2) is 0 Å². The van der Waals surface area contributed by atoms with Crippen molar-refractivity contribution < 1.29 is 4.79 Å². The first-order valence-corrected chi connectivity index (χ1v) is 6.65. The number of carbonyl (C=O) groups is 1. The van der Waals surface area contributed by atoms with Crippen LogP contribution in [-0.4, -0.2) is 5.91 Å². The van der Waals surface area contributed by atoms with E-state index >= 15 is 0 Å². The Hall–Kier alpha value is -1.51. The highest BCUT2D eigenvalue weighted by atomic mass is 35.5. The average molecular weight is 294 g/mol. The van der Waals surface area contributed by atoms with E-state index in [0.717, 1.165) is 11.1 Å². The van der Waals surface area contributed by atoms with Gasteiger partial charge in [0.15, 0.2) is 0 Å². The summed E-state index contributed by atoms with van der Waals surface area (Å²) < 4.78 is 0. The maximum atomic E-state index is 11.8. The predicted octanol–water partition coefficient (Wildman–Crippen LogP) is 3.85. The van der Waals surface area contributed by atoms with E-state index in [-0.39, 0.29) is 5.91 Å². The number of halogens is 2. The topological polar surface area (TPSA) is 29.1 Å². The second-order valence-corrected chi connectivity index (χ2v) is 5.00. The lowest BCUT2D eigenvalue weighted by Gasteiger charge is -2.06. The van der Waals surface area contributed by atoms with Crippen LogP contribution in [0.2, 0.25) is 10.0 Å². The zero-order valence-corrected chi connectivity index (χ0v) is 11.7. The summed E-state index contributed by atoms with van der Waals surface area (Å²) in [7, 11) is 0. The highest BCUT2D eigenvalue weighted by Crippen LogP contribution is 2.22. The monoisotopic (exact) mass is 293 g/mol. The minimum Gasteiger partial charge on any atom is -0.352 e. The summed E-state index contributed by atoms with van der Waals surface area (Å²) in [5, 5.41) is 3.87. The van der Waals surface area contributed by atoms with Crippen LogP contribution in [0.25, 0.3) is 0 Å². The van der Waals surface area contributed by atoms with Crippen LogP contribution < -0.4 is 5.32 Å². The Labute approximate surface area is 122 Å². The van der Waals surface area contributed by atoms with Crippen molar-refractivity contribution >= 4 is 29.1 Å². The minimum absolute atomic E-state index is 0.0164. The second kappa shape index (κ2) is 6.60. The molecule has 1 N–H and O–H groups in total. The number of nitrogens with one attached hydrogen (secondary N) is 1. The van der Waals surface area contributed by atoms with Crippen molar-refractivity contribution in [1.29, 1.82) is 0 Å². The molecule has 0 fully saturated rings. The molecule has 0 radical (unpaired) electrons. The van der Waals surface area contributed by atoms with Crippen LogP contribution in [-0.2, 0) is 17.8 Å². The van der Waals surface area contributed by atoms with Gasteiger partial charge < -0.3 is 5.32 Å². The SMILES string of the molecule is O=C(Cc1ccccc1)NCc1ccc(Cl)c(Cl)c1. The van der Waals surface area contributed by atoms with Gasteiger partial charge in [0, 0.05) is 6.54 Å². The first kappa shape index (κ1) is 13.9. The maximum absolute atomic E-state index is 11.8. The van der Waals surface area contributed by atoms with Crippen molar-refractivity contribution in [2.75, 3.05) is 0 Å². The molecule has 2 nitrogen and oxygen atoms in total. The van der Waals surface area contributed by atoms with Gasteiger partial charge in [-0.2, -0.15) is 0 Å². The number of amides is 1. The molecule has 0 bridgehead atoms. The lowest BCUT2D eigenvalue weighted by molar-refractivity contribution is -0.120. The number of hydrogen-bond donors (Lipinski definition) is 1. The van der Waals surface area contributed by atoms with Gasteiger partial charge in [0.05, 0.1) is 16.5 Å². The molecule has 0 aliphatic carbocycles. The molecule has 0 spiro atoms. The van der Waals surface area contributed by atoms with Crippen molar-refractivity contribution in [3.8, 4) is 0 Å². The van der Waals surface area contributed by atoms with Crippen LogP contribution in [0.4, 0.5) is 0 Å². The molecule has 0 saturated carbocycles. The van der Waals surface area contributed by atoms with Gasteiger partial charge >= 0.3 is 0 Å². The van der Waals surface area contributed by atoms with Crippen LogP contribution in [0.15, 0.2) is 48.5 Å². The predicted molar refractivity (Wildman–Crippen MR) is 78.5 cm³/mol. The Balaban J connectivity index is 1.88. The van der Waals surface area contributed by atoms with Crippen LogP contribution in [0.1, 0.15) is 11.1 Å². The molecule has 0 aromatic heterocycles. The van der Waals surface area contributed by atoms with Gasteiger partial charge in [-0.1, -0.05) is 59.6 Å². The van der Waals surface area contributed by atoms with Crippen LogP contribution in [0.3, 0.4) is 0 Å². The molecular weight excluding hydrogens is 281 g/mol. The van der Waals surface area contributed by atoms with Crippen LogP contribution in [0.5, 0.6) is 0 Å². The van der Waals surface area contributed by atoms with Crippen LogP contribution >= 0.6 is 23.2 Å². The lowest BCUT2D eigenvalue weighted by Crippen LogP contribution is -2.24. The number of benzene rings is 2. The Morgan fingerprint density at radius 1 is 0.947 bits per heavy atom. The summed E-state index contributed by atoms with van der Waals surface area (Å²) in [6, 6.07) is 14.9. The number of hydrogen-bond acceptors (Lipinski definition) is 1. The van der Waals surface area contributed by atoms with Gasteiger partial charge in [0.2, 0.25) is 5.91 Å². The van der Waals surface area contributed by atoms with E-state index in [1.807, 2.05) is 36.4 Å². The minimum atomic E-state index is -0.0164. The highest BCUT2D eigenvalue weighted by molar-refractivity contribution is 6.42. The zero-order chi connectivity index (χ0) is 13.7. The summed E-state index contributed by atoms with van der Waals surface area (Å²) in [4.78, 5) is 11.8. The number of rotatable bonds is 4. The van der Waals surface area contributed by atoms with Crippen molar-refractivity contribution in [3.05, 3.63) is 69.7 Å².